The maximum atomic E-state index is 13.7. The highest BCUT2D eigenvalue weighted by Gasteiger charge is 2.33. The fourth-order valence-corrected chi connectivity index (χ4v) is 2.14. The fraction of sp³-hybridized carbons (Fsp3) is 0.267. The molecule has 0 atom stereocenters. The van der Waals surface area contributed by atoms with Gasteiger partial charge in [0.15, 0.2) is 5.82 Å². The number of amides is 1. The number of rotatable bonds is 4. The number of halogens is 1. The molecule has 0 aliphatic heterocycles. The summed E-state index contributed by atoms with van der Waals surface area (Å²) in [5.41, 5.74) is 1.08. The highest BCUT2D eigenvalue weighted by molar-refractivity contribution is 5.94. The van der Waals surface area contributed by atoms with E-state index in [1.807, 2.05) is 12.1 Å². The second-order valence-electron chi connectivity index (χ2n) is 4.88. The van der Waals surface area contributed by atoms with Gasteiger partial charge in [-0.3, -0.25) is 14.8 Å². The largest absolute Gasteiger partial charge is 0.331 e. The molecule has 5 heteroatoms. The zero-order chi connectivity index (χ0) is 13.9. The van der Waals surface area contributed by atoms with Crippen molar-refractivity contribution in [3.63, 3.8) is 0 Å². The van der Waals surface area contributed by atoms with Crippen molar-refractivity contribution in [3.8, 4) is 0 Å². The normalized spacial score (nSPS) is 14.1. The van der Waals surface area contributed by atoms with Crippen molar-refractivity contribution < 1.29 is 9.18 Å². The number of nitrogens with zero attached hydrogens (tertiary/aromatic N) is 3. The van der Waals surface area contributed by atoms with Crippen LogP contribution in [0.25, 0.3) is 0 Å². The van der Waals surface area contributed by atoms with Gasteiger partial charge in [-0.05, 0) is 36.6 Å². The molecule has 1 amide bonds. The van der Waals surface area contributed by atoms with Crippen LogP contribution in [0.1, 0.15) is 28.8 Å². The Morgan fingerprint density at radius 2 is 1.90 bits per heavy atom. The molecule has 1 saturated carbocycles. The first-order valence-corrected chi connectivity index (χ1v) is 6.55. The summed E-state index contributed by atoms with van der Waals surface area (Å²) in [4.78, 5) is 21.9. The van der Waals surface area contributed by atoms with Crippen LogP contribution in [0.2, 0.25) is 0 Å². The topological polar surface area (TPSA) is 46.1 Å². The lowest BCUT2D eigenvalue weighted by Gasteiger charge is -2.22. The molecule has 1 aliphatic rings. The standard InChI is InChI=1S/C15H14FN3O/c16-14-9-18-8-5-13(14)15(20)19(12-1-2-12)10-11-3-6-17-7-4-11/h3-9,12H,1-2,10H2. The lowest BCUT2D eigenvalue weighted by Crippen LogP contribution is -2.33. The maximum Gasteiger partial charge on any atom is 0.257 e. The van der Waals surface area contributed by atoms with Gasteiger partial charge in [-0.1, -0.05) is 0 Å². The second-order valence-corrected chi connectivity index (χ2v) is 4.88. The Hall–Kier alpha value is -2.30. The number of aromatic nitrogens is 2. The van der Waals surface area contributed by atoms with Gasteiger partial charge >= 0.3 is 0 Å². The van der Waals surface area contributed by atoms with Crippen LogP contribution in [0.5, 0.6) is 0 Å². The highest BCUT2D eigenvalue weighted by Crippen LogP contribution is 2.30. The van der Waals surface area contributed by atoms with Crippen molar-refractivity contribution in [2.45, 2.75) is 25.4 Å². The van der Waals surface area contributed by atoms with Gasteiger partial charge in [0.1, 0.15) is 0 Å². The summed E-state index contributed by atoms with van der Waals surface area (Å²) in [5, 5.41) is 0. The maximum absolute atomic E-state index is 13.7. The van der Waals surface area contributed by atoms with Crippen LogP contribution in [0, 0.1) is 5.82 Å². The summed E-state index contributed by atoms with van der Waals surface area (Å²) in [6.45, 7) is 0.480. The van der Waals surface area contributed by atoms with Crippen molar-refractivity contribution in [1.29, 1.82) is 0 Å². The summed E-state index contributed by atoms with van der Waals surface area (Å²) in [6, 6.07) is 5.37. The molecule has 1 aliphatic carbocycles. The number of hydrogen-bond acceptors (Lipinski definition) is 3. The van der Waals surface area contributed by atoms with E-state index in [4.69, 9.17) is 0 Å². The molecule has 0 aromatic carbocycles. The first-order valence-electron chi connectivity index (χ1n) is 6.55. The lowest BCUT2D eigenvalue weighted by molar-refractivity contribution is 0.0725. The van der Waals surface area contributed by atoms with Gasteiger partial charge in [0.05, 0.1) is 11.8 Å². The molecule has 2 heterocycles. The Kier molecular flexibility index (Phi) is 3.41. The Bertz CT molecular complexity index is 614. The van der Waals surface area contributed by atoms with Crippen molar-refractivity contribution in [2.75, 3.05) is 0 Å². The van der Waals surface area contributed by atoms with Crippen LogP contribution in [-0.2, 0) is 6.54 Å². The minimum absolute atomic E-state index is 0.0842. The van der Waals surface area contributed by atoms with Crippen LogP contribution >= 0.6 is 0 Å². The molecule has 0 bridgehead atoms. The van der Waals surface area contributed by atoms with E-state index in [-0.39, 0.29) is 17.5 Å². The van der Waals surface area contributed by atoms with Gasteiger partial charge in [-0.2, -0.15) is 0 Å². The molecule has 20 heavy (non-hydrogen) atoms. The van der Waals surface area contributed by atoms with Crippen LogP contribution in [0.4, 0.5) is 4.39 Å². The van der Waals surface area contributed by atoms with Gasteiger partial charge in [-0.25, -0.2) is 4.39 Å². The van der Waals surface area contributed by atoms with E-state index in [1.54, 1.807) is 17.3 Å². The first-order chi connectivity index (χ1) is 9.75. The van der Waals surface area contributed by atoms with E-state index < -0.39 is 5.82 Å². The second kappa shape index (κ2) is 5.36. The third-order valence-electron chi connectivity index (χ3n) is 3.35. The zero-order valence-electron chi connectivity index (χ0n) is 10.9. The molecule has 4 nitrogen and oxygen atoms in total. The van der Waals surface area contributed by atoms with Crippen LogP contribution in [-0.4, -0.2) is 26.8 Å². The summed E-state index contributed by atoms with van der Waals surface area (Å²) in [6.07, 6.45) is 7.85. The zero-order valence-corrected chi connectivity index (χ0v) is 10.9. The minimum Gasteiger partial charge on any atom is -0.331 e. The number of carbonyl (C=O) groups is 1. The highest BCUT2D eigenvalue weighted by atomic mass is 19.1. The predicted octanol–water partition coefficient (Wildman–Crippen LogP) is 2.42. The van der Waals surface area contributed by atoms with E-state index in [0.717, 1.165) is 24.6 Å². The molecular weight excluding hydrogens is 257 g/mol. The molecule has 2 aromatic rings. The quantitative estimate of drug-likeness (QED) is 0.858. The van der Waals surface area contributed by atoms with Gasteiger partial charge in [0, 0.05) is 31.2 Å². The van der Waals surface area contributed by atoms with Crippen molar-refractivity contribution in [1.82, 2.24) is 14.9 Å². The van der Waals surface area contributed by atoms with E-state index in [9.17, 15) is 9.18 Å². The molecular formula is C15H14FN3O. The molecule has 3 rings (SSSR count). The predicted molar refractivity (Wildman–Crippen MR) is 71.3 cm³/mol. The number of hydrogen-bond donors (Lipinski definition) is 0. The smallest absolute Gasteiger partial charge is 0.257 e. The fourth-order valence-electron chi connectivity index (χ4n) is 2.14. The monoisotopic (exact) mass is 271 g/mol. The number of carbonyl (C=O) groups excluding carboxylic acids is 1. The Balaban J connectivity index is 1.84. The average Bonchev–Trinajstić information content (AvgIpc) is 3.30. The molecule has 0 saturated heterocycles. The molecule has 0 spiro atoms. The molecule has 0 N–H and O–H groups in total. The van der Waals surface area contributed by atoms with Gasteiger partial charge in [0.25, 0.3) is 5.91 Å². The lowest BCUT2D eigenvalue weighted by atomic mass is 10.2. The Labute approximate surface area is 116 Å². The summed E-state index contributed by atoms with van der Waals surface area (Å²) in [5.74, 6) is -0.845. The first kappa shape index (κ1) is 12.7. The van der Waals surface area contributed by atoms with Crippen LogP contribution < -0.4 is 0 Å². The van der Waals surface area contributed by atoms with Gasteiger partial charge < -0.3 is 4.90 Å². The van der Waals surface area contributed by atoms with Crippen molar-refractivity contribution in [2.24, 2.45) is 0 Å². The van der Waals surface area contributed by atoms with E-state index in [1.165, 1.54) is 12.3 Å². The SMILES string of the molecule is O=C(c1ccncc1F)N(Cc1ccncc1)C1CC1. The summed E-state index contributed by atoms with van der Waals surface area (Å²) < 4.78 is 13.7. The van der Waals surface area contributed by atoms with E-state index in [2.05, 4.69) is 9.97 Å². The summed E-state index contributed by atoms with van der Waals surface area (Å²) >= 11 is 0. The molecule has 1 fully saturated rings. The van der Waals surface area contributed by atoms with Gasteiger partial charge in [-0.15, -0.1) is 0 Å². The Morgan fingerprint density at radius 1 is 1.20 bits per heavy atom. The molecule has 0 radical (unpaired) electrons. The Morgan fingerprint density at radius 3 is 2.55 bits per heavy atom. The van der Waals surface area contributed by atoms with Gasteiger partial charge in [0.2, 0.25) is 0 Å². The average molecular weight is 271 g/mol. The molecule has 2 aromatic heterocycles. The summed E-state index contributed by atoms with van der Waals surface area (Å²) in [7, 11) is 0. The van der Waals surface area contributed by atoms with E-state index >= 15 is 0 Å². The van der Waals surface area contributed by atoms with Crippen LogP contribution in [0.15, 0.2) is 43.0 Å². The van der Waals surface area contributed by atoms with Crippen molar-refractivity contribution >= 4 is 5.91 Å². The van der Waals surface area contributed by atoms with E-state index in [0.29, 0.717) is 6.54 Å². The molecule has 0 unspecified atom stereocenters. The number of pyridine rings is 2. The third-order valence-corrected chi connectivity index (χ3v) is 3.35. The minimum atomic E-state index is -0.571. The third kappa shape index (κ3) is 2.66. The van der Waals surface area contributed by atoms with Crippen LogP contribution in [0.3, 0.4) is 0 Å². The molecule has 102 valence electrons. The van der Waals surface area contributed by atoms with Crippen molar-refractivity contribution in [3.05, 3.63) is 59.9 Å².